The summed E-state index contributed by atoms with van der Waals surface area (Å²) in [7, 11) is 0. The molecule has 0 radical (unpaired) electrons. The van der Waals surface area contributed by atoms with Gasteiger partial charge in [-0.1, -0.05) is 11.6 Å². The van der Waals surface area contributed by atoms with E-state index in [2.05, 4.69) is 5.32 Å². The second kappa shape index (κ2) is 7.59. The minimum Gasteiger partial charge on any atom is -0.377 e. The molecule has 0 bridgehead atoms. The molecule has 21 heavy (non-hydrogen) atoms. The lowest BCUT2D eigenvalue weighted by Gasteiger charge is -2.26. The van der Waals surface area contributed by atoms with Crippen LogP contribution < -0.4 is 11.1 Å². The average Bonchev–Trinajstić information content (AvgIpc) is 2.46. The number of anilines is 1. The number of hydrogen-bond donors (Lipinski definition) is 2. The van der Waals surface area contributed by atoms with E-state index >= 15 is 0 Å². The van der Waals surface area contributed by atoms with Gasteiger partial charge in [0, 0.05) is 23.7 Å². The zero-order chi connectivity index (χ0) is 15.2. The van der Waals surface area contributed by atoms with Gasteiger partial charge in [-0.05, 0) is 37.8 Å². The second-order valence-corrected chi connectivity index (χ2v) is 5.69. The molecule has 0 amide bonds. The molecular formula is C14H20ClN3O3. The summed E-state index contributed by atoms with van der Waals surface area (Å²) in [4.78, 5) is 10.5. The fourth-order valence-corrected chi connectivity index (χ4v) is 2.64. The van der Waals surface area contributed by atoms with Crippen molar-refractivity contribution < 1.29 is 9.66 Å². The maximum atomic E-state index is 10.9. The smallest absolute Gasteiger partial charge is 0.293 e. The second-order valence-electron chi connectivity index (χ2n) is 5.25. The molecule has 116 valence electrons. The minimum absolute atomic E-state index is 0.0221. The molecule has 1 aliphatic rings. The molecule has 1 fully saturated rings. The van der Waals surface area contributed by atoms with E-state index in [0.29, 0.717) is 29.9 Å². The van der Waals surface area contributed by atoms with Gasteiger partial charge in [0.05, 0.1) is 17.6 Å². The molecule has 1 aromatic rings. The van der Waals surface area contributed by atoms with Crippen molar-refractivity contribution in [3.8, 4) is 0 Å². The first-order valence-electron chi connectivity index (χ1n) is 7.11. The molecule has 1 saturated carbocycles. The van der Waals surface area contributed by atoms with Gasteiger partial charge in [-0.3, -0.25) is 10.1 Å². The highest BCUT2D eigenvalue weighted by Gasteiger charge is 2.19. The predicted molar refractivity (Wildman–Crippen MR) is 82.8 cm³/mol. The first kappa shape index (κ1) is 16.0. The topological polar surface area (TPSA) is 90.4 Å². The van der Waals surface area contributed by atoms with Gasteiger partial charge in [0.1, 0.15) is 5.69 Å². The Balaban J connectivity index is 1.77. The lowest BCUT2D eigenvalue weighted by atomic mass is 9.94. The van der Waals surface area contributed by atoms with Crippen LogP contribution in [0.15, 0.2) is 18.2 Å². The van der Waals surface area contributed by atoms with Crippen molar-refractivity contribution in [1.82, 2.24) is 0 Å². The summed E-state index contributed by atoms with van der Waals surface area (Å²) in [5.41, 5.74) is 6.28. The van der Waals surface area contributed by atoms with E-state index in [1.54, 1.807) is 12.1 Å². The molecule has 7 heteroatoms. The Bertz CT molecular complexity index is 490. The fourth-order valence-electron chi connectivity index (χ4n) is 2.47. The van der Waals surface area contributed by atoms with Crippen LogP contribution in [0.1, 0.15) is 25.7 Å². The van der Waals surface area contributed by atoms with Crippen molar-refractivity contribution in [2.75, 3.05) is 18.5 Å². The predicted octanol–water partition coefficient (Wildman–Crippen LogP) is 2.95. The van der Waals surface area contributed by atoms with Crippen LogP contribution in [0.3, 0.4) is 0 Å². The van der Waals surface area contributed by atoms with Crippen molar-refractivity contribution in [2.24, 2.45) is 5.73 Å². The highest BCUT2D eigenvalue weighted by atomic mass is 35.5. The first-order valence-corrected chi connectivity index (χ1v) is 7.49. The van der Waals surface area contributed by atoms with Crippen LogP contribution >= 0.6 is 11.6 Å². The molecular weight excluding hydrogens is 294 g/mol. The minimum atomic E-state index is -0.447. The summed E-state index contributed by atoms with van der Waals surface area (Å²) in [6, 6.07) is 4.88. The molecule has 6 nitrogen and oxygen atoms in total. The standard InChI is InChI=1S/C14H20ClN3O3/c15-10-1-6-13(14(9-10)18(19)20)17-7-8-21-12-4-2-11(16)3-5-12/h1,6,9,11-12,17H,2-5,7-8,16H2. The molecule has 2 rings (SSSR count). The number of nitrogens with zero attached hydrogens (tertiary/aromatic N) is 1. The van der Waals surface area contributed by atoms with E-state index in [-0.39, 0.29) is 11.8 Å². The number of hydrogen-bond acceptors (Lipinski definition) is 5. The van der Waals surface area contributed by atoms with Gasteiger partial charge in [-0.2, -0.15) is 0 Å². The number of ether oxygens (including phenoxy) is 1. The summed E-state index contributed by atoms with van der Waals surface area (Å²) in [5, 5.41) is 14.3. The van der Waals surface area contributed by atoms with Gasteiger partial charge in [-0.15, -0.1) is 0 Å². The Hall–Kier alpha value is -1.37. The van der Waals surface area contributed by atoms with Crippen LogP contribution in [0.4, 0.5) is 11.4 Å². The fraction of sp³-hybridized carbons (Fsp3) is 0.571. The lowest BCUT2D eigenvalue weighted by Crippen LogP contribution is -2.31. The number of nitrogens with two attached hydrogens (primary N) is 1. The summed E-state index contributed by atoms with van der Waals surface area (Å²) in [6.07, 6.45) is 4.23. The number of benzene rings is 1. The molecule has 0 aliphatic heterocycles. The first-order chi connectivity index (χ1) is 10.1. The van der Waals surface area contributed by atoms with Gasteiger partial charge >= 0.3 is 0 Å². The summed E-state index contributed by atoms with van der Waals surface area (Å²) in [6.45, 7) is 1.03. The highest BCUT2D eigenvalue weighted by Crippen LogP contribution is 2.27. The third kappa shape index (κ3) is 4.84. The Morgan fingerprint density at radius 3 is 2.76 bits per heavy atom. The Morgan fingerprint density at radius 2 is 2.10 bits per heavy atom. The van der Waals surface area contributed by atoms with Gasteiger partial charge in [0.2, 0.25) is 0 Å². The van der Waals surface area contributed by atoms with Crippen LogP contribution in [-0.2, 0) is 4.74 Å². The zero-order valence-electron chi connectivity index (χ0n) is 11.8. The van der Waals surface area contributed by atoms with Crippen molar-refractivity contribution in [3.05, 3.63) is 33.3 Å². The maximum absolute atomic E-state index is 10.9. The number of nitro groups is 1. The number of rotatable bonds is 6. The normalized spacial score (nSPS) is 22.0. The Labute approximate surface area is 128 Å². The van der Waals surface area contributed by atoms with Crippen LogP contribution in [0.5, 0.6) is 0 Å². The number of nitro benzene ring substituents is 1. The van der Waals surface area contributed by atoms with Crippen LogP contribution in [0, 0.1) is 10.1 Å². The lowest BCUT2D eigenvalue weighted by molar-refractivity contribution is -0.383. The SMILES string of the molecule is NC1CCC(OCCNc2ccc(Cl)cc2[N+](=O)[O-])CC1. The van der Waals surface area contributed by atoms with Gasteiger partial charge in [0.25, 0.3) is 5.69 Å². The Morgan fingerprint density at radius 1 is 1.38 bits per heavy atom. The number of nitrogens with one attached hydrogen (secondary N) is 1. The van der Waals surface area contributed by atoms with E-state index < -0.39 is 4.92 Å². The molecule has 0 saturated heterocycles. The number of halogens is 1. The third-order valence-corrected chi connectivity index (χ3v) is 3.88. The molecule has 3 N–H and O–H groups in total. The van der Waals surface area contributed by atoms with E-state index in [0.717, 1.165) is 25.7 Å². The Kier molecular flexibility index (Phi) is 5.78. The molecule has 0 aromatic heterocycles. The molecule has 0 spiro atoms. The molecule has 0 atom stereocenters. The quantitative estimate of drug-likeness (QED) is 0.478. The summed E-state index contributed by atoms with van der Waals surface area (Å²) < 4.78 is 5.76. The van der Waals surface area contributed by atoms with E-state index in [1.807, 2.05) is 0 Å². The van der Waals surface area contributed by atoms with E-state index in [4.69, 9.17) is 22.1 Å². The van der Waals surface area contributed by atoms with Crippen LogP contribution in [-0.4, -0.2) is 30.2 Å². The third-order valence-electron chi connectivity index (χ3n) is 3.65. The van der Waals surface area contributed by atoms with Gasteiger partial charge < -0.3 is 15.8 Å². The van der Waals surface area contributed by atoms with Crippen molar-refractivity contribution in [3.63, 3.8) is 0 Å². The maximum Gasteiger partial charge on any atom is 0.293 e. The van der Waals surface area contributed by atoms with Crippen molar-refractivity contribution in [1.29, 1.82) is 0 Å². The van der Waals surface area contributed by atoms with E-state index in [1.165, 1.54) is 6.07 Å². The largest absolute Gasteiger partial charge is 0.377 e. The highest BCUT2D eigenvalue weighted by molar-refractivity contribution is 6.30. The summed E-state index contributed by atoms with van der Waals surface area (Å²) in [5.74, 6) is 0. The van der Waals surface area contributed by atoms with Crippen LogP contribution in [0.25, 0.3) is 0 Å². The van der Waals surface area contributed by atoms with Gasteiger partial charge in [0.15, 0.2) is 0 Å². The van der Waals surface area contributed by atoms with E-state index in [9.17, 15) is 10.1 Å². The van der Waals surface area contributed by atoms with Crippen LogP contribution in [0.2, 0.25) is 5.02 Å². The zero-order valence-corrected chi connectivity index (χ0v) is 12.5. The molecule has 0 unspecified atom stereocenters. The summed E-state index contributed by atoms with van der Waals surface area (Å²) >= 11 is 5.77. The molecule has 1 aliphatic carbocycles. The molecule has 1 aromatic carbocycles. The monoisotopic (exact) mass is 313 g/mol. The average molecular weight is 314 g/mol. The van der Waals surface area contributed by atoms with Crippen molar-refractivity contribution in [2.45, 2.75) is 37.8 Å². The van der Waals surface area contributed by atoms with Gasteiger partial charge in [-0.25, -0.2) is 0 Å². The molecule has 0 heterocycles. The van der Waals surface area contributed by atoms with Crippen molar-refractivity contribution >= 4 is 23.0 Å².